The van der Waals surface area contributed by atoms with Crippen molar-refractivity contribution in [3.05, 3.63) is 71.5 Å². The summed E-state index contributed by atoms with van der Waals surface area (Å²) in [5, 5.41) is 4.42. The standard InChI is InChI=1S/C21H20N4O4/c1-13-11-14(2)25(24-13)16-9-7-15(8-10-16)20(26)22-23-21(27)19-12-28-17-5-3-4-6-18(17)29-19/h3-11,19H,12H2,1-2H3,(H,22,26)(H,23,27). The van der Waals surface area contributed by atoms with E-state index in [2.05, 4.69) is 16.0 Å². The fourth-order valence-corrected chi connectivity index (χ4v) is 3.06. The van der Waals surface area contributed by atoms with E-state index in [1.165, 1.54) is 0 Å². The fraction of sp³-hybridized carbons (Fsp3) is 0.190. The number of aryl methyl sites for hydroxylation is 2. The minimum atomic E-state index is -0.849. The zero-order valence-corrected chi connectivity index (χ0v) is 16.0. The Bertz CT molecular complexity index is 1060. The molecule has 2 heterocycles. The fourth-order valence-electron chi connectivity index (χ4n) is 3.06. The molecule has 29 heavy (non-hydrogen) atoms. The quantitative estimate of drug-likeness (QED) is 0.666. The molecule has 4 rings (SSSR count). The zero-order valence-electron chi connectivity index (χ0n) is 16.0. The van der Waals surface area contributed by atoms with E-state index in [1.807, 2.05) is 26.0 Å². The highest BCUT2D eigenvalue weighted by Crippen LogP contribution is 2.30. The smallest absolute Gasteiger partial charge is 0.283 e. The van der Waals surface area contributed by atoms with Crippen molar-refractivity contribution in [3.63, 3.8) is 0 Å². The highest BCUT2D eigenvalue weighted by Gasteiger charge is 2.27. The predicted octanol–water partition coefficient (Wildman–Crippen LogP) is 2.09. The Kier molecular flexibility index (Phi) is 4.90. The molecular formula is C21H20N4O4. The molecule has 1 unspecified atom stereocenters. The number of hydrazine groups is 1. The first-order chi connectivity index (χ1) is 14.0. The summed E-state index contributed by atoms with van der Waals surface area (Å²) in [4.78, 5) is 24.6. The second-order valence-electron chi connectivity index (χ2n) is 6.69. The maximum Gasteiger partial charge on any atom is 0.283 e. The van der Waals surface area contributed by atoms with Gasteiger partial charge in [-0.05, 0) is 56.3 Å². The normalized spacial score (nSPS) is 14.9. The number of hydrogen-bond donors (Lipinski definition) is 2. The van der Waals surface area contributed by atoms with Crippen molar-refractivity contribution < 1.29 is 19.1 Å². The Hall–Kier alpha value is -3.81. The van der Waals surface area contributed by atoms with Gasteiger partial charge >= 0.3 is 0 Å². The van der Waals surface area contributed by atoms with Crippen molar-refractivity contribution in [2.75, 3.05) is 6.61 Å². The van der Waals surface area contributed by atoms with E-state index in [4.69, 9.17) is 9.47 Å². The molecule has 1 aliphatic heterocycles. The number of nitrogens with one attached hydrogen (secondary N) is 2. The summed E-state index contributed by atoms with van der Waals surface area (Å²) in [5.74, 6) is 0.149. The molecule has 1 aromatic heterocycles. The number of ether oxygens (including phenoxy) is 2. The van der Waals surface area contributed by atoms with Crippen LogP contribution in [0.15, 0.2) is 54.6 Å². The van der Waals surface area contributed by atoms with Crippen LogP contribution in [0.1, 0.15) is 21.7 Å². The first kappa shape index (κ1) is 18.5. The Labute approximate surface area is 167 Å². The third-order valence-corrected chi connectivity index (χ3v) is 4.48. The molecule has 0 spiro atoms. The van der Waals surface area contributed by atoms with Crippen molar-refractivity contribution in [1.82, 2.24) is 20.6 Å². The molecule has 2 amide bonds. The Balaban J connectivity index is 1.35. The van der Waals surface area contributed by atoms with E-state index < -0.39 is 17.9 Å². The largest absolute Gasteiger partial charge is 0.485 e. The van der Waals surface area contributed by atoms with Gasteiger partial charge < -0.3 is 9.47 Å². The molecule has 0 saturated carbocycles. The van der Waals surface area contributed by atoms with Crippen LogP contribution in [0.5, 0.6) is 11.5 Å². The summed E-state index contributed by atoms with van der Waals surface area (Å²) >= 11 is 0. The second kappa shape index (κ2) is 7.67. The average molecular weight is 392 g/mol. The molecule has 0 aliphatic carbocycles. The van der Waals surface area contributed by atoms with Crippen LogP contribution in [0, 0.1) is 13.8 Å². The molecule has 8 nitrogen and oxygen atoms in total. The number of carbonyl (C=O) groups is 2. The van der Waals surface area contributed by atoms with Crippen LogP contribution in [0.2, 0.25) is 0 Å². The van der Waals surface area contributed by atoms with Crippen LogP contribution in [0.3, 0.4) is 0 Å². The van der Waals surface area contributed by atoms with Gasteiger partial charge in [-0.2, -0.15) is 5.10 Å². The zero-order chi connectivity index (χ0) is 20.4. The van der Waals surface area contributed by atoms with Crippen LogP contribution in [0.25, 0.3) is 5.69 Å². The lowest BCUT2D eigenvalue weighted by molar-refractivity contribution is -0.131. The van der Waals surface area contributed by atoms with Gasteiger partial charge in [0.1, 0.15) is 6.61 Å². The number of nitrogens with zero attached hydrogens (tertiary/aromatic N) is 2. The van der Waals surface area contributed by atoms with Crippen molar-refractivity contribution in [2.45, 2.75) is 20.0 Å². The van der Waals surface area contributed by atoms with Gasteiger partial charge in [0.2, 0.25) is 6.10 Å². The van der Waals surface area contributed by atoms with Gasteiger partial charge in [0.05, 0.1) is 11.4 Å². The van der Waals surface area contributed by atoms with Crippen molar-refractivity contribution in [1.29, 1.82) is 0 Å². The minimum Gasteiger partial charge on any atom is -0.485 e. The van der Waals surface area contributed by atoms with E-state index >= 15 is 0 Å². The van der Waals surface area contributed by atoms with Crippen molar-refractivity contribution in [2.24, 2.45) is 0 Å². The van der Waals surface area contributed by atoms with Crippen LogP contribution >= 0.6 is 0 Å². The molecule has 0 bridgehead atoms. The van der Waals surface area contributed by atoms with E-state index in [0.717, 1.165) is 17.1 Å². The van der Waals surface area contributed by atoms with Crippen LogP contribution < -0.4 is 20.3 Å². The molecule has 2 N–H and O–H groups in total. The molecule has 148 valence electrons. The molecule has 8 heteroatoms. The predicted molar refractivity (Wildman–Crippen MR) is 105 cm³/mol. The van der Waals surface area contributed by atoms with Gasteiger partial charge in [-0.15, -0.1) is 0 Å². The van der Waals surface area contributed by atoms with E-state index in [0.29, 0.717) is 17.1 Å². The lowest BCUT2D eigenvalue weighted by atomic mass is 10.2. The number of benzene rings is 2. The Morgan fingerprint density at radius 2 is 1.76 bits per heavy atom. The van der Waals surface area contributed by atoms with E-state index in [9.17, 15) is 9.59 Å². The number of hydrogen-bond acceptors (Lipinski definition) is 5. The topological polar surface area (TPSA) is 94.5 Å². The third kappa shape index (κ3) is 3.91. The van der Waals surface area contributed by atoms with Gasteiger partial charge in [0.15, 0.2) is 11.5 Å². The maximum atomic E-state index is 12.3. The minimum absolute atomic E-state index is 0.0655. The lowest BCUT2D eigenvalue weighted by Gasteiger charge is -2.25. The molecule has 1 aliphatic rings. The molecule has 2 aromatic carbocycles. The average Bonchev–Trinajstić information content (AvgIpc) is 3.09. The number of rotatable bonds is 3. The number of carbonyl (C=O) groups excluding carboxylic acids is 2. The van der Waals surface area contributed by atoms with Gasteiger partial charge in [-0.25, -0.2) is 4.68 Å². The summed E-state index contributed by atoms with van der Waals surface area (Å²) in [5.41, 5.74) is 7.95. The van der Waals surface area contributed by atoms with Crippen molar-refractivity contribution in [3.8, 4) is 17.2 Å². The summed E-state index contributed by atoms with van der Waals surface area (Å²) in [6.07, 6.45) is -0.849. The summed E-state index contributed by atoms with van der Waals surface area (Å²) in [6, 6.07) is 16.0. The third-order valence-electron chi connectivity index (χ3n) is 4.48. The highest BCUT2D eigenvalue weighted by atomic mass is 16.6. The van der Waals surface area contributed by atoms with Crippen LogP contribution in [-0.2, 0) is 4.79 Å². The summed E-state index contributed by atoms with van der Waals surface area (Å²) in [6.45, 7) is 3.95. The maximum absolute atomic E-state index is 12.3. The monoisotopic (exact) mass is 392 g/mol. The lowest BCUT2D eigenvalue weighted by Crippen LogP contribution is -2.50. The van der Waals surface area contributed by atoms with Gasteiger partial charge in [-0.3, -0.25) is 20.4 Å². The number of amides is 2. The second-order valence-corrected chi connectivity index (χ2v) is 6.69. The first-order valence-electron chi connectivity index (χ1n) is 9.13. The van der Waals surface area contributed by atoms with Crippen LogP contribution in [-0.4, -0.2) is 34.3 Å². The summed E-state index contributed by atoms with van der Waals surface area (Å²) in [7, 11) is 0. The molecule has 0 saturated heterocycles. The molecule has 3 aromatic rings. The van der Waals surface area contributed by atoms with E-state index in [1.54, 1.807) is 47.1 Å². The number of para-hydroxylation sites is 2. The Morgan fingerprint density at radius 1 is 1.03 bits per heavy atom. The van der Waals surface area contributed by atoms with Gasteiger partial charge in [-0.1, -0.05) is 12.1 Å². The Morgan fingerprint density at radius 3 is 2.45 bits per heavy atom. The first-order valence-corrected chi connectivity index (χ1v) is 9.13. The van der Waals surface area contributed by atoms with Gasteiger partial charge in [0.25, 0.3) is 11.8 Å². The molecule has 0 radical (unpaired) electrons. The van der Waals surface area contributed by atoms with Crippen molar-refractivity contribution >= 4 is 11.8 Å². The SMILES string of the molecule is Cc1cc(C)n(-c2ccc(C(=O)NNC(=O)C3COc4ccccc4O3)cc2)n1. The molecule has 0 fully saturated rings. The van der Waals surface area contributed by atoms with E-state index in [-0.39, 0.29) is 6.61 Å². The molecule has 1 atom stereocenters. The number of fused-ring (bicyclic) bond motifs is 1. The molecular weight excluding hydrogens is 372 g/mol. The van der Waals surface area contributed by atoms with Gasteiger partial charge in [0, 0.05) is 11.3 Å². The van der Waals surface area contributed by atoms with Crippen LogP contribution in [0.4, 0.5) is 0 Å². The highest BCUT2D eigenvalue weighted by molar-refractivity contribution is 5.96. The number of aromatic nitrogens is 2. The summed E-state index contributed by atoms with van der Waals surface area (Å²) < 4.78 is 12.9.